The summed E-state index contributed by atoms with van der Waals surface area (Å²) in [4.78, 5) is 30.2. The molecule has 1 aliphatic rings. The van der Waals surface area contributed by atoms with E-state index in [1.165, 1.54) is 0 Å². The first-order chi connectivity index (χ1) is 13.2. The van der Waals surface area contributed by atoms with Crippen molar-refractivity contribution in [3.8, 4) is 0 Å². The Kier molecular flexibility index (Phi) is 6.22. The predicted molar refractivity (Wildman–Crippen MR) is 102 cm³/mol. The van der Waals surface area contributed by atoms with E-state index >= 15 is 0 Å². The van der Waals surface area contributed by atoms with Crippen LogP contribution in [-0.2, 0) is 9.47 Å². The average molecular weight is 370 g/mol. The number of anilines is 3. The summed E-state index contributed by atoms with van der Waals surface area (Å²) < 4.78 is 10.2. The minimum atomic E-state index is -0.515. The van der Waals surface area contributed by atoms with Crippen molar-refractivity contribution in [3.05, 3.63) is 48.3 Å². The van der Waals surface area contributed by atoms with Crippen molar-refractivity contribution in [1.82, 2.24) is 4.98 Å². The number of nitrogens with zero attached hydrogens (tertiary/aromatic N) is 2. The number of carbonyl (C=O) groups is 2. The van der Waals surface area contributed by atoms with Crippen molar-refractivity contribution in [2.45, 2.75) is 6.92 Å². The summed E-state index contributed by atoms with van der Waals surface area (Å²) in [5.41, 5.74) is 2.48. The van der Waals surface area contributed by atoms with Crippen LogP contribution in [0.1, 0.15) is 17.4 Å². The lowest BCUT2D eigenvalue weighted by molar-refractivity contribution is 0.102. The Balaban J connectivity index is 1.62. The van der Waals surface area contributed by atoms with Gasteiger partial charge >= 0.3 is 6.09 Å². The van der Waals surface area contributed by atoms with Crippen LogP contribution in [0.15, 0.2) is 42.6 Å². The van der Waals surface area contributed by atoms with Gasteiger partial charge in [-0.2, -0.15) is 0 Å². The van der Waals surface area contributed by atoms with Crippen molar-refractivity contribution in [2.24, 2.45) is 0 Å². The molecule has 8 nitrogen and oxygen atoms in total. The fourth-order valence-electron chi connectivity index (χ4n) is 2.68. The molecule has 0 bridgehead atoms. The second-order valence-corrected chi connectivity index (χ2v) is 5.88. The lowest BCUT2D eigenvalue weighted by Gasteiger charge is -2.28. The molecule has 2 amide bonds. The first kappa shape index (κ1) is 18.7. The number of ether oxygens (including phenoxy) is 2. The molecule has 8 heteroatoms. The van der Waals surface area contributed by atoms with Crippen molar-refractivity contribution in [2.75, 3.05) is 48.4 Å². The van der Waals surface area contributed by atoms with Crippen LogP contribution in [0.5, 0.6) is 0 Å². The van der Waals surface area contributed by atoms with E-state index in [1.807, 2.05) is 6.07 Å². The zero-order chi connectivity index (χ0) is 19.1. The number of pyridine rings is 1. The van der Waals surface area contributed by atoms with Crippen molar-refractivity contribution >= 4 is 29.1 Å². The summed E-state index contributed by atoms with van der Waals surface area (Å²) in [5.74, 6) is -0.295. The highest BCUT2D eigenvalue weighted by Crippen LogP contribution is 2.18. The van der Waals surface area contributed by atoms with Crippen LogP contribution in [0.25, 0.3) is 0 Å². The van der Waals surface area contributed by atoms with Gasteiger partial charge in [-0.05, 0) is 43.3 Å². The fraction of sp³-hybridized carbons (Fsp3) is 0.316. The van der Waals surface area contributed by atoms with Crippen LogP contribution in [0.3, 0.4) is 0 Å². The van der Waals surface area contributed by atoms with Gasteiger partial charge in [0.2, 0.25) is 0 Å². The van der Waals surface area contributed by atoms with Gasteiger partial charge in [-0.15, -0.1) is 0 Å². The molecule has 1 aromatic carbocycles. The lowest BCUT2D eigenvalue weighted by Crippen LogP contribution is -2.36. The van der Waals surface area contributed by atoms with Gasteiger partial charge in [-0.25, -0.2) is 4.79 Å². The molecule has 0 saturated carbocycles. The van der Waals surface area contributed by atoms with Crippen LogP contribution < -0.4 is 15.5 Å². The number of hydrogen-bond donors (Lipinski definition) is 2. The van der Waals surface area contributed by atoms with Crippen molar-refractivity contribution in [1.29, 1.82) is 0 Å². The minimum Gasteiger partial charge on any atom is -0.450 e. The van der Waals surface area contributed by atoms with Gasteiger partial charge in [0.1, 0.15) is 5.69 Å². The Morgan fingerprint density at radius 1 is 1.11 bits per heavy atom. The largest absolute Gasteiger partial charge is 0.450 e. The molecule has 0 radical (unpaired) electrons. The van der Waals surface area contributed by atoms with Crippen molar-refractivity contribution < 1.29 is 19.1 Å². The van der Waals surface area contributed by atoms with Gasteiger partial charge in [0.25, 0.3) is 5.91 Å². The number of hydrogen-bond acceptors (Lipinski definition) is 6. The van der Waals surface area contributed by atoms with E-state index in [1.54, 1.807) is 43.5 Å². The molecule has 3 rings (SSSR count). The predicted octanol–water partition coefficient (Wildman–Crippen LogP) is 2.74. The molecular weight excluding hydrogens is 348 g/mol. The first-order valence-electron chi connectivity index (χ1n) is 8.79. The second-order valence-electron chi connectivity index (χ2n) is 5.88. The molecule has 1 aromatic heterocycles. The van der Waals surface area contributed by atoms with Crippen LogP contribution >= 0.6 is 0 Å². The highest BCUT2D eigenvalue weighted by molar-refractivity contribution is 6.03. The summed E-state index contributed by atoms with van der Waals surface area (Å²) in [6.07, 6.45) is 1.12. The monoisotopic (exact) mass is 370 g/mol. The summed E-state index contributed by atoms with van der Waals surface area (Å²) in [5, 5.41) is 5.40. The van der Waals surface area contributed by atoms with Crippen LogP contribution in [0.4, 0.5) is 21.9 Å². The van der Waals surface area contributed by atoms with E-state index in [0.717, 1.165) is 18.8 Å². The highest BCUT2D eigenvalue weighted by atomic mass is 16.5. The van der Waals surface area contributed by atoms with E-state index in [4.69, 9.17) is 9.47 Å². The molecule has 2 heterocycles. The van der Waals surface area contributed by atoms with Gasteiger partial charge < -0.3 is 19.7 Å². The second kappa shape index (κ2) is 9.00. The van der Waals surface area contributed by atoms with Crippen LogP contribution in [0, 0.1) is 0 Å². The standard InChI is InChI=1S/C19H22N4O4/c1-2-27-19(25)22-15-5-3-14(4-6-15)21-18(24)17-13-16(7-8-20-17)23-9-11-26-12-10-23/h3-8,13H,2,9-12H2,1H3,(H,21,24)(H,22,25). The summed E-state index contributed by atoms with van der Waals surface area (Å²) in [6, 6.07) is 10.4. The van der Waals surface area contributed by atoms with Crippen molar-refractivity contribution in [3.63, 3.8) is 0 Å². The van der Waals surface area contributed by atoms with Gasteiger partial charge in [0, 0.05) is 36.3 Å². The minimum absolute atomic E-state index is 0.295. The molecule has 1 aliphatic heterocycles. The van der Waals surface area contributed by atoms with E-state index in [-0.39, 0.29) is 5.91 Å². The van der Waals surface area contributed by atoms with Gasteiger partial charge in [-0.3, -0.25) is 15.1 Å². The maximum atomic E-state index is 12.5. The molecule has 1 fully saturated rings. The van der Waals surface area contributed by atoms with Crippen LogP contribution in [0.2, 0.25) is 0 Å². The Morgan fingerprint density at radius 2 is 1.78 bits per heavy atom. The Labute approximate surface area is 157 Å². The van der Waals surface area contributed by atoms with E-state index in [0.29, 0.717) is 36.9 Å². The summed E-state index contributed by atoms with van der Waals surface area (Å²) >= 11 is 0. The summed E-state index contributed by atoms with van der Waals surface area (Å²) in [6.45, 7) is 4.98. The molecule has 27 heavy (non-hydrogen) atoms. The quantitative estimate of drug-likeness (QED) is 0.841. The molecule has 2 aromatic rings. The number of rotatable bonds is 5. The first-order valence-corrected chi connectivity index (χ1v) is 8.79. The smallest absolute Gasteiger partial charge is 0.411 e. The zero-order valence-corrected chi connectivity index (χ0v) is 15.1. The third-order valence-electron chi connectivity index (χ3n) is 4.02. The molecule has 0 spiro atoms. The van der Waals surface area contributed by atoms with Crippen LogP contribution in [-0.4, -0.2) is 49.9 Å². The molecule has 0 atom stereocenters. The number of amides is 2. The Hall–Kier alpha value is -3.13. The van der Waals surface area contributed by atoms with Gasteiger partial charge in [-0.1, -0.05) is 0 Å². The number of morpholine rings is 1. The normalized spacial score (nSPS) is 13.7. The van der Waals surface area contributed by atoms with E-state index < -0.39 is 6.09 Å². The number of carbonyl (C=O) groups excluding carboxylic acids is 2. The molecule has 1 saturated heterocycles. The highest BCUT2D eigenvalue weighted by Gasteiger charge is 2.14. The third-order valence-corrected chi connectivity index (χ3v) is 4.02. The van der Waals surface area contributed by atoms with E-state index in [2.05, 4.69) is 20.5 Å². The van der Waals surface area contributed by atoms with Gasteiger partial charge in [0.05, 0.1) is 19.8 Å². The molecule has 0 unspecified atom stereocenters. The molecule has 2 N–H and O–H groups in total. The molecular formula is C19H22N4O4. The zero-order valence-electron chi connectivity index (χ0n) is 15.1. The average Bonchev–Trinajstić information content (AvgIpc) is 2.70. The lowest BCUT2D eigenvalue weighted by atomic mass is 10.2. The Morgan fingerprint density at radius 3 is 2.44 bits per heavy atom. The number of benzene rings is 1. The molecule has 0 aliphatic carbocycles. The number of aromatic nitrogens is 1. The SMILES string of the molecule is CCOC(=O)Nc1ccc(NC(=O)c2cc(N3CCOCC3)ccn2)cc1. The maximum Gasteiger partial charge on any atom is 0.411 e. The summed E-state index contributed by atoms with van der Waals surface area (Å²) in [7, 11) is 0. The number of nitrogens with one attached hydrogen (secondary N) is 2. The fourth-order valence-corrected chi connectivity index (χ4v) is 2.68. The van der Waals surface area contributed by atoms with E-state index in [9.17, 15) is 9.59 Å². The molecule has 142 valence electrons. The third kappa shape index (κ3) is 5.18. The maximum absolute atomic E-state index is 12.5. The van der Waals surface area contributed by atoms with Gasteiger partial charge in [0.15, 0.2) is 0 Å². The topological polar surface area (TPSA) is 92.8 Å². The Bertz CT molecular complexity index is 789.